The number of aliphatic hydroxyl groups excluding tert-OH is 1. The van der Waals surface area contributed by atoms with E-state index in [0.29, 0.717) is 43.3 Å². The van der Waals surface area contributed by atoms with Crippen LogP contribution >= 0.6 is 11.6 Å². The van der Waals surface area contributed by atoms with Crippen LogP contribution < -0.4 is 0 Å². The van der Waals surface area contributed by atoms with Gasteiger partial charge in [0.05, 0.1) is 17.7 Å². The van der Waals surface area contributed by atoms with E-state index >= 15 is 0 Å². The molecule has 2 atom stereocenters. The highest BCUT2D eigenvalue weighted by atomic mass is 35.5. The van der Waals surface area contributed by atoms with Crippen molar-refractivity contribution in [2.24, 2.45) is 0 Å². The van der Waals surface area contributed by atoms with E-state index in [2.05, 4.69) is 4.90 Å². The Labute approximate surface area is 185 Å². The van der Waals surface area contributed by atoms with Crippen molar-refractivity contribution in [2.45, 2.75) is 18.5 Å². The van der Waals surface area contributed by atoms with E-state index in [9.17, 15) is 19.1 Å². The third kappa shape index (κ3) is 4.18. The second-order valence-corrected chi connectivity index (χ2v) is 8.86. The van der Waals surface area contributed by atoms with Gasteiger partial charge in [0.2, 0.25) is 0 Å². The Kier molecular flexibility index (Phi) is 6.01. The fraction of sp³-hybridized carbons (Fsp3) is 0.391. The Morgan fingerprint density at radius 3 is 2.42 bits per heavy atom. The van der Waals surface area contributed by atoms with Gasteiger partial charge in [-0.15, -0.1) is 0 Å². The molecule has 0 spiro atoms. The highest BCUT2D eigenvalue weighted by Gasteiger charge is 2.47. The summed E-state index contributed by atoms with van der Waals surface area (Å²) in [6.07, 6.45) is 0. The average Bonchev–Trinajstić information content (AvgIpc) is 2.78. The fourth-order valence-corrected chi connectivity index (χ4v) is 4.73. The summed E-state index contributed by atoms with van der Waals surface area (Å²) in [4.78, 5) is 31.6. The molecule has 0 radical (unpaired) electrons. The van der Waals surface area contributed by atoms with Gasteiger partial charge < -0.3 is 14.9 Å². The third-order valence-corrected chi connectivity index (χ3v) is 6.50. The molecule has 2 unspecified atom stereocenters. The Balaban J connectivity index is 1.56. The lowest BCUT2D eigenvalue weighted by molar-refractivity contribution is -0.0783. The maximum absolute atomic E-state index is 14.1. The Hall–Kier alpha value is -2.48. The predicted octanol–water partition coefficient (Wildman–Crippen LogP) is 2.51. The van der Waals surface area contributed by atoms with Crippen molar-refractivity contribution in [2.75, 3.05) is 39.3 Å². The number of hydrogen-bond acceptors (Lipinski definition) is 4. The Morgan fingerprint density at radius 1 is 1.06 bits per heavy atom. The van der Waals surface area contributed by atoms with Crippen molar-refractivity contribution in [1.82, 2.24) is 14.7 Å². The molecular weight excluding hydrogens is 421 g/mol. The average molecular weight is 446 g/mol. The summed E-state index contributed by atoms with van der Waals surface area (Å²) in [5.74, 6) is -1.04. The summed E-state index contributed by atoms with van der Waals surface area (Å²) in [5.41, 5.74) is -0.0583. The third-order valence-electron chi connectivity index (χ3n) is 6.25. The maximum atomic E-state index is 14.1. The summed E-state index contributed by atoms with van der Waals surface area (Å²) in [7, 11) is 0. The summed E-state index contributed by atoms with van der Waals surface area (Å²) in [6.45, 7) is 3.94. The normalized spacial score (nSPS) is 24.1. The Morgan fingerprint density at radius 2 is 1.74 bits per heavy atom. The molecule has 2 amide bonds. The van der Waals surface area contributed by atoms with Gasteiger partial charge in [0.1, 0.15) is 5.82 Å². The zero-order chi connectivity index (χ0) is 22.2. The summed E-state index contributed by atoms with van der Waals surface area (Å²) < 4.78 is 14.1. The predicted molar refractivity (Wildman–Crippen MR) is 116 cm³/mol. The number of fused-ring (bicyclic) bond motifs is 1. The van der Waals surface area contributed by atoms with Crippen molar-refractivity contribution in [3.8, 4) is 0 Å². The number of nitrogens with zero attached hydrogens (tertiary/aromatic N) is 3. The van der Waals surface area contributed by atoms with Crippen molar-refractivity contribution in [3.63, 3.8) is 0 Å². The lowest BCUT2D eigenvalue weighted by Crippen LogP contribution is -2.72. The van der Waals surface area contributed by atoms with Gasteiger partial charge in [0, 0.05) is 49.4 Å². The molecule has 0 saturated carbocycles. The smallest absolute Gasteiger partial charge is 0.256 e. The number of carbonyl (C=O) groups is 2. The number of amides is 2. The summed E-state index contributed by atoms with van der Waals surface area (Å²) in [6, 6.07) is 12.5. The minimum atomic E-state index is -0.627. The molecule has 2 fully saturated rings. The van der Waals surface area contributed by atoms with E-state index in [1.165, 1.54) is 12.1 Å². The Bertz CT molecular complexity index is 986. The van der Waals surface area contributed by atoms with Gasteiger partial charge in [-0.1, -0.05) is 23.7 Å². The SMILES string of the molecule is CC1(CO)CN(C(=O)c2ccc(Cl)cc2)CC2CN(C(=O)c3ccccc3F)CCN21. The van der Waals surface area contributed by atoms with Crippen LogP contribution in [0.25, 0.3) is 0 Å². The van der Waals surface area contributed by atoms with Gasteiger partial charge in [0.15, 0.2) is 0 Å². The maximum Gasteiger partial charge on any atom is 0.256 e. The van der Waals surface area contributed by atoms with Gasteiger partial charge in [-0.3, -0.25) is 14.5 Å². The number of rotatable bonds is 3. The van der Waals surface area contributed by atoms with E-state index in [0.717, 1.165) is 0 Å². The minimum absolute atomic E-state index is 0.0470. The van der Waals surface area contributed by atoms with Gasteiger partial charge in [-0.25, -0.2) is 4.39 Å². The summed E-state index contributed by atoms with van der Waals surface area (Å²) in [5, 5.41) is 10.7. The second kappa shape index (κ2) is 8.57. The first-order valence-electron chi connectivity index (χ1n) is 10.3. The van der Waals surface area contributed by atoms with Gasteiger partial charge in [-0.05, 0) is 43.3 Å². The highest BCUT2D eigenvalue weighted by molar-refractivity contribution is 6.30. The standard InChI is InChI=1S/C23H25ClFN3O3/c1-23(15-29)14-27(21(30)16-6-8-17(24)9-7-16)13-18-12-26(10-11-28(18)23)22(31)19-4-2-3-5-20(19)25/h2-9,18,29H,10-15H2,1H3. The first-order valence-corrected chi connectivity index (χ1v) is 10.7. The van der Waals surface area contributed by atoms with Crippen molar-refractivity contribution < 1.29 is 19.1 Å². The topological polar surface area (TPSA) is 64.1 Å². The molecular formula is C23H25ClFN3O3. The molecule has 31 heavy (non-hydrogen) atoms. The first kappa shape index (κ1) is 21.7. The number of halogens is 2. The molecule has 0 aromatic heterocycles. The van der Waals surface area contributed by atoms with E-state index in [4.69, 9.17) is 11.6 Å². The quantitative estimate of drug-likeness (QED) is 0.788. The van der Waals surface area contributed by atoms with Crippen LogP contribution in [0.3, 0.4) is 0 Å². The van der Waals surface area contributed by atoms with Gasteiger partial charge in [0.25, 0.3) is 11.8 Å². The molecule has 0 bridgehead atoms. The number of carbonyl (C=O) groups excluding carboxylic acids is 2. The largest absolute Gasteiger partial charge is 0.394 e. The molecule has 2 aliphatic rings. The number of aliphatic hydroxyl groups is 1. The van der Waals surface area contributed by atoms with Crippen LogP contribution in [0, 0.1) is 5.82 Å². The van der Waals surface area contributed by atoms with Crippen molar-refractivity contribution >= 4 is 23.4 Å². The molecule has 2 aliphatic heterocycles. The van der Waals surface area contributed by atoms with E-state index in [1.54, 1.807) is 46.2 Å². The molecule has 4 rings (SSSR count). The zero-order valence-electron chi connectivity index (χ0n) is 17.3. The van der Waals surface area contributed by atoms with Crippen LogP contribution in [0.4, 0.5) is 4.39 Å². The monoisotopic (exact) mass is 445 g/mol. The van der Waals surface area contributed by atoms with E-state index in [-0.39, 0.29) is 30.0 Å². The lowest BCUT2D eigenvalue weighted by atomic mass is 9.91. The number of hydrogen-bond donors (Lipinski definition) is 1. The number of benzene rings is 2. The first-order chi connectivity index (χ1) is 14.8. The molecule has 6 nitrogen and oxygen atoms in total. The zero-order valence-corrected chi connectivity index (χ0v) is 18.1. The molecule has 2 aromatic carbocycles. The molecule has 2 saturated heterocycles. The van der Waals surface area contributed by atoms with Crippen LogP contribution in [0.15, 0.2) is 48.5 Å². The molecule has 8 heteroatoms. The van der Waals surface area contributed by atoms with Gasteiger partial charge >= 0.3 is 0 Å². The van der Waals surface area contributed by atoms with E-state index < -0.39 is 11.4 Å². The second-order valence-electron chi connectivity index (χ2n) is 8.43. The van der Waals surface area contributed by atoms with Crippen molar-refractivity contribution in [1.29, 1.82) is 0 Å². The minimum Gasteiger partial charge on any atom is -0.394 e. The molecule has 0 aliphatic carbocycles. The fourth-order valence-electron chi connectivity index (χ4n) is 4.60. The van der Waals surface area contributed by atoms with E-state index in [1.807, 2.05) is 6.92 Å². The van der Waals surface area contributed by atoms with Crippen LogP contribution in [0.1, 0.15) is 27.6 Å². The van der Waals surface area contributed by atoms with Crippen LogP contribution in [0.5, 0.6) is 0 Å². The molecule has 2 aromatic rings. The summed E-state index contributed by atoms with van der Waals surface area (Å²) >= 11 is 5.94. The molecule has 164 valence electrons. The highest BCUT2D eigenvalue weighted by Crippen LogP contribution is 2.30. The van der Waals surface area contributed by atoms with Crippen LogP contribution in [-0.2, 0) is 0 Å². The van der Waals surface area contributed by atoms with Crippen LogP contribution in [0.2, 0.25) is 5.02 Å². The van der Waals surface area contributed by atoms with Gasteiger partial charge in [-0.2, -0.15) is 0 Å². The van der Waals surface area contributed by atoms with Crippen molar-refractivity contribution in [3.05, 3.63) is 70.5 Å². The lowest BCUT2D eigenvalue weighted by Gasteiger charge is -2.56. The number of piperazine rings is 2. The van der Waals surface area contributed by atoms with Crippen LogP contribution in [-0.4, -0.2) is 82.5 Å². The molecule has 1 N–H and O–H groups in total. The molecule has 2 heterocycles.